The van der Waals surface area contributed by atoms with Crippen molar-refractivity contribution in [2.75, 3.05) is 23.7 Å². The van der Waals surface area contributed by atoms with Gasteiger partial charge in [0.05, 0.1) is 10.7 Å². The van der Waals surface area contributed by atoms with Gasteiger partial charge in [0.2, 0.25) is 10.0 Å². The Morgan fingerprint density at radius 3 is 2.62 bits per heavy atom. The highest BCUT2D eigenvalue weighted by Crippen LogP contribution is 2.34. The molecule has 1 saturated heterocycles. The number of cyclic esters (lactones) is 1. The predicted octanol–water partition coefficient (Wildman–Crippen LogP) is 5.54. The molecule has 11 heteroatoms. The van der Waals surface area contributed by atoms with Crippen LogP contribution in [0.2, 0.25) is 0 Å². The Balaban J connectivity index is 1.68. The number of carbonyl (C=O) groups is 1. The molecule has 2 aliphatic heterocycles. The van der Waals surface area contributed by atoms with Gasteiger partial charge >= 0.3 is 6.09 Å². The third-order valence-electron chi connectivity index (χ3n) is 5.08. The van der Waals surface area contributed by atoms with Gasteiger partial charge in [-0.1, -0.05) is 56.7 Å². The van der Waals surface area contributed by atoms with Gasteiger partial charge in [-0.2, -0.15) is 0 Å². The smallest absolute Gasteiger partial charge is 0.414 e. The molecule has 32 heavy (non-hydrogen) atoms. The van der Waals surface area contributed by atoms with Crippen LogP contribution in [-0.4, -0.2) is 43.7 Å². The number of carbonyl (C=O) groups excluding carboxylic acids is 1. The first-order valence-corrected chi connectivity index (χ1v) is 13.2. The third kappa shape index (κ3) is 6.02. The van der Waals surface area contributed by atoms with Crippen molar-refractivity contribution >= 4 is 72.5 Å². The van der Waals surface area contributed by atoms with Crippen LogP contribution in [0.3, 0.4) is 0 Å². The van der Waals surface area contributed by atoms with Crippen molar-refractivity contribution in [1.29, 1.82) is 0 Å². The van der Waals surface area contributed by atoms with Gasteiger partial charge in [-0.05, 0) is 44.0 Å². The lowest BCUT2D eigenvalue weighted by molar-refractivity contribution is 0.136. The highest BCUT2D eigenvalue weighted by Gasteiger charge is 2.36. The Hall–Kier alpha value is -1.21. The molecule has 0 spiro atoms. The number of hydrogen-bond donors (Lipinski definition) is 0. The van der Waals surface area contributed by atoms with Crippen LogP contribution >= 0.6 is 50.7 Å². The van der Waals surface area contributed by atoms with Gasteiger partial charge in [0.15, 0.2) is 0 Å². The number of anilines is 1. The molecule has 2 heterocycles. The lowest BCUT2D eigenvalue weighted by Gasteiger charge is -2.39. The fourth-order valence-corrected chi connectivity index (χ4v) is 6.31. The Morgan fingerprint density at radius 1 is 1.28 bits per heavy atom. The number of rotatable bonds is 5. The van der Waals surface area contributed by atoms with Crippen molar-refractivity contribution in [2.24, 2.45) is 0 Å². The first-order valence-electron chi connectivity index (χ1n) is 9.68. The van der Waals surface area contributed by atoms with Crippen LogP contribution < -0.4 is 4.90 Å². The van der Waals surface area contributed by atoms with Crippen LogP contribution in [-0.2, 0) is 21.4 Å². The summed E-state index contributed by atoms with van der Waals surface area (Å²) in [5, 5.41) is 0.201. The minimum Gasteiger partial charge on any atom is -0.444 e. The standard InChI is InChI=1S/C21H20BrCl3N2O4S/c1-2-3-18(24)19(25)11-16(23)13-32(29,30)26-8-6-17(7-9-26)27-20-5-4-15(22)10-14(20)12-31-21(27)28/h4-5,10-11,17H,6-9,12-13H2,1H3/b16-11+,19-18-. The fraction of sp³-hybridized carbons (Fsp3) is 0.381. The van der Waals surface area contributed by atoms with E-state index >= 15 is 0 Å². The normalized spacial score (nSPS) is 19.0. The number of hydrogen-bond acceptors (Lipinski definition) is 4. The fourth-order valence-electron chi connectivity index (χ4n) is 3.61. The number of allylic oxidation sites excluding steroid dienone is 3. The van der Waals surface area contributed by atoms with Crippen LogP contribution in [0.15, 0.2) is 43.8 Å². The van der Waals surface area contributed by atoms with Crippen molar-refractivity contribution in [2.45, 2.75) is 32.4 Å². The average molecular weight is 583 g/mol. The van der Waals surface area contributed by atoms with Gasteiger partial charge in [-0.3, -0.25) is 4.90 Å². The number of benzene rings is 1. The van der Waals surface area contributed by atoms with Crippen LogP contribution in [0.25, 0.3) is 0 Å². The van der Waals surface area contributed by atoms with Gasteiger partial charge in [-0.15, -0.1) is 5.92 Å². The maximum absolute atomic E-state index is 12.8. The number of piperidine rings is 1. The summed E-state index contributed by atoms with van der Waals surface area (Å²) in [7, 11) is -3.67. The molecule has 1 amide bonds. The van der Waals surface area contributed by atoms with Crippen LogP contribution in [0.5, 0.6) is 0 Å². The van der Waals surface area contributed by atoms with Crippen LogP contribution in [0.1, 0.15) is 25.3 Å². The highest BCUT2D eigenvalue weighted by atomic mass is 79.9. The van der Waals surface area contributed by atoms with E-state index in [1.807, 2.05) is 18.2 Å². The SMILES string of the molecule is CC#C/C(Cl)=C(Cl)\C=C(\Cl)CS(=O)(=O)N1CCC(N2C(=O)OCc3cc(Br)ccc32)CC1. The maximum atomic E-state index is 12.8. The number of sulfonamides is 1. The average Bonchev–Trinajstić information content (AvgIpc) is 2.73. The molecule has 0 unspecified atom stereocenters. The van der Waals surface area contributed by atoms with Gasteiger partial charge in [0.1, 0.15) is 17.4 Å². The minimum absolute atomic E-state index is 0.0345. The van der Waals surface area contributed by atoms with E-state index in [-0.39, 0.29) is 40.8 Å². The largest absolute Gasteiger partial charge is 0.444 e. The van der Waals surface area contributed by atoms with Gasteiger partial charge in [0.25, 0.3) is 0 Å². The molecule has 1 fully saturated rings. The first-order chi connectivity index (χ1) is 15.1. The Kier molecular flexibility index (Phi) is 8.59. The molecule has 0 N–H and O–H groups in total. The second-order valence-electron chi connectivity index (χ2n) is 7.21. The van der Waals surface area contributed by atoms with E-state index in [1.54, 1.807) is 11.8 Å². The highest BCUT2D eigenvalue weighted by molar-refractivity contribution is 9.10. The van der Waals surface area contributed by atoms with E-state index in [0.717, 1.165) is 15.7 Å². The molecule has 172 valence electrons. The van der Waals surface area contributed by atoms with E-state index < -0.39 is 21.9 Å². The lowest BCUT2D eigenvalue weighted by Crippen LogP contribution is -2.50. The molecule has 0 aromatic heterocycles. The molecule has 0 radical (unpaired) electrons. The molecule has 1 aromatic carbocycles. The summed E-state index contributed by atoms with van der Waals surface area (Å²) in [6.07, 6.45) is 1.83. The number of halogens is 4. The minimum atomic E-state index is -3.67. The molecule has 2 aliphatic rings. The van der Waals surface area contributed by atoms with E-state index in [9.17, 15) is 13.2 Å². The second-order valence-corrected chi connectivity index (χ2v) is 11.4. The summed E-state index contributed by atoms with van der Waals surface area (Å²) >= 11 is 21.5. The number of fused-ring (bicyclic) bond motifs is 1. The lowest BCUT2D eigenvalue weighted by atomic mass is 10.0. The Bertz CT molecular complexity index is 1130. The van der Waals surface area contributed by atoms with E-state index in [2.05, 4.69) is 27.8 Å². The quantitative estimate of drug-likeness (QED) is 0.338. The topological polar surface area (TPSA) is 66.9 Å². The summed E-state index contributed by atoms with van der Waals surface area (Å²) in [6, 6.07) is 5.50. The molecule has 0 aliphatic carbocycles. The molecule has 0 atom stereocenters. The van der Waals surface area contributed by atoms with Gasteiger partial charge in [-0.25, -0.2) is 17.5 Å². The second kappa shape index (κ2) is 10.8. The van der Waals surface area contributed by atoms with E-state index in [4.69, 9.17) is 39.5 Å². The Morgan fingerprint density at radius 2 is 1.97 bits per heavy atom. The zero-order valence-corrected chi connectivity index (χ0v) is 21.7. The van der Waals surface area contributed by atoms with Crippen LogP contribution in [0, 0.1) is 11.8 Å². The number of ether oxygens (including phenoxy) is 1. The van der Waals surface area contributed by atoms with Crippen molar-refractivity contribution in [3.63, 3.8) is 0 Å². The summed E-state index contributed by atoms with van der Waals surface area (Å²) in [6.45, 7) is 2.34. The van der Waals surface area contributed by atoms with Crippen molar-refractivity contribution < 1.29 is 17.9 Å². The van der Waals surface area contributed by atoms with Crippen molar-refractivity contribution in [3.8, 4) is 11.8 Å². The summed E-state index contributed by atoms with van der Waals surface area (Å²) in [4.78, 5) is 14.1. The zero-order chi connectivity index (χ0) is 23.5. The monoisotopic (exact) mass is 580 g/mol. The van der Waals surface area contributed by atoms with E-state index in [0.29, 0.717) is 12.8 Å². The molecule has 0 bridgehead atoms. The molecular weight excluding hydrogens is 563 g/mol. The maximum Gasteiger partial charge on any atom is 0.414 e. The summed E-state index contributed by atoms with van der Waals surface area (Å²) < 4.78 is 33.2. The molecule has 3 rings (SSSR count). The van der Waals surface area contributed by atoms with Crippen molar-refractivity contribution in [1.82, 2.24) is 4.31 Å². The van der Waals surface area contributed by atoms with Crippen LogP contribution in [0.4, 0.5) is 10.5 Å². The Labute approximate surface area is 211 Å². The summed E-state index contributed by atoms with van der Waals surface area (Å²) in [5.41, 5.74) is 1.70. The molecule has 0 saturated carbocycles. The zero-order valence-electron chi connectivity index (χ0n) is 17.1. The van der Waals surface area contributed by atoms with Gasteiger partial charge in [0, 0.05) is 34.2 Å². The summed E-state index contributed by atoms with van der Waals surface area (Å²) in [5.74, 6) is 4.78. The molecular formula is C21H20BrCl3N2O4S. The third-order valence-corrected chi connectivity index (χ3v) is 8.49. The number of nitrogens with zero attached hydrogens (tertiary/aromatic N) is 2. The van der Waals surface area contributed by atoms with Gasteiger partial charge < -0.3 is 4.74 Å². The first kappa shape index (κ1) is 25.4. The van der Waals surface area contributed by atoms with E-state index in [1.165, 1.54) is 10.4 Å². The number of amides is 1. The molecule has 1 aromatic rings. The predicted molar refractivity (Wildman–Crippen MR) is 131 cm³/mol. The van der Waals surface area contributed by atoms with Crippen molar-refractivity contribution in [3.05, 3.63) is 49.4 Å². The molecule has 6 nitrogen and oxygen atoms in total.